The molecule has 2 atom stereocenters. The number of aromatic amines is 1. The van der Waals surface area contributed by atoms with E-state index in [9.17, 15) is 4.79 Å². The fourth-order valence-electron chi connectivity index (χ4n) is 5.64. The van der Waals surface area contributed by atoms with Crippen molar-refractivity contribution in [2.75, 3.05) is 5.32 Å². The number of anilines is 1. The van der Waals surface area contributed by atoms with Crippen molar-refractivity contribution in [2.24, 2.45) is 0 Å². The van der Waals surface area contributed by atoms with Crippen LogP contribution in [0.15, 0.2) is 90.3 Å². The third kappa shape index (κ3) is 2.87. The molecule has 166 valence electrons. The van der Waals surface area contributed by atoms with Gasteiger partial charge >= 0.3 is 0 Å². The van der Waals surface area contributed by atoms with Crippen molar-refractivity contribution in [2.45, 2.75) is 24.8 Å². The molecule has 0 radical (unpaired) electrons. The average Bonchev–Trinajstić information content (AvgIpc) is 3.44. The van der Waals surface area contributed by atoms with Gasteiger partial charge in [0.25, 0.3) is 0 Å². The standard InChI is InChI=1S/C28H21ClN4O/c29-18-7-5-6-16(12-18)17-13-23-26(25(34)14-17)27(20-15-30-21-9-2-1-8-19(20)21)33-24-11-4-3-10-22(24)31-28(33)32-23/h1-12,15,17,27,30H,13-14H2,(H,31,32)/t17-,27+/m0/s1. The fraction of sp³-hybridized carbons (Fsp3) is 0.143. The molecule has 0 saturated carbocycles. The predicted octanol–water partition coefficient (Wildman–Crippen LogP) is 6.59. The lowest BCUT2D eigenvalue weighted by Crippen LogP contribution is -2.33. The second kappa shape index (κ2) is 7.34. The second-order valence-corrected chi connectivity index (χ2v) is 9.52. The molecule has 0 amide bonds. The van der Waals surface area contributed by atoms with Gasteiger partial charge in [-0.05, 0) is 48.2 Å². The monoisotopic (exact) mass is 464 g/mol. The third-order valence-corrected chi connectivity index (χ3v) is 7.37. The Kier molecular flexibility index (Phi) is 4.23. The van der Waals surface area contributed by atoms with E-state index >= 15 is 0 Å². The molecule has 0 spiro atoms. The molecule has 2 aliphatic rings. The fourth-order valence-corrected chi connectivity index (χ4v) is 5.83. The van der Waals surface area contributed by atoms with Gasteiger partial charge < -0.3 is 10.3 Å². The van der Waals surface area contributed by atoms with Crippen molar-refractivity contribution in [3.05, 3.63) is 106 Å². The highest BCUT2D eigenvalue weighted by Gasteiger charge is 2.40. The molecular weight excluding hydrogens is 444 g/mol. The number of rotatable bonds is 2. The molecule has 5 nitrogen and oxygen atoms in total. The Hall–Kier alpha value is -3.83. The molecule has 3 aromatic carbocycles. The normalized spacial score (nSPS) is 19.9. The number of halogens is 1. The van der Waals surface area contributed by atoms with Gasteiger partial charge in [0.2, 0.25) is 5.95 Å². The maximum atomic E-state index is 13.8. The lowest BCUT2D eigenvalue weighted by Gasteiger charge is -2.36. The molecule has 0 bridgehead atoms. The van der Waals surface area contributed by atoms with Crippen LogP contribution in [0.3, 0.4) is 0 Å². The van der Waals surface area contributed by atoms with Crippen LogP contribution < -0.4 is 5.32 Å². The molecule has 2 aromatic heterocycles. The highest BCUT2D eigenvalue weighted by atomic mass is 35.5. The molecule has 34 heavy (non-hydrogen) atoms. The highest BCUT2D eigenvalue weighted by molar-refractivity contribution is 6.30. The largest absolute Gasteiger partial charge is 0.361 e. The summed E-state index contributed by atoms with van der Waals surface area (Å²) in [5, 5.41) is 5.35. The summed E-state index contributed by atoms with van der Waals surface area (Å²) in [6, 6.07) is 24.0. The highest BCUT2D eigenvalue weighted by Crippen LogP contribution is 2.47. The number of carbonyl (C=O) groups is 1. The molecule has 6 heteroatoms. The summed E-state index contributed by atoms with van der Waals surface area (Å²) >= 11 is 6.27. The zero-order chi connectivity index (χ0) is 22.8. The van der Waals surface area contributed by atoms with E-state index in [1.54, 1.807) is 0 Å². The van der Waals surface area contributed by atoms with Gasteiger partial charge in [0.1, 0.15) is 0 Å². The van der Waals surface area contributed by atoms with Gasteiger partial charge in [0.05, 0.1) is 17.1 Å². The number of nitrogens with zero attached hydrogens (tertiary/aromatic N) is 2. The van der Waals surface area contributed by atoms with Crippen molar-refractivity contribution in [3.8, 4) is 0 Å². The number of hydrogen-bond donors (Lipinski definition) is 2. The minimum Gasteiger partial charge on any atom is -0.361 e. The lowest BCUT2D eigenvalue weighted by atomic mass is 9.77. The number of H-pyrrole nitrogens is 1. The van der Waals surface area contributed by atoms with E-state index in [1.165, 1.54) is 0 Å². The Morgan fingerprint density at radius 2 is 1.82 bits per heavy atom. The first-order valence-electron chi connectivity index (χ1n) is 11.5. The number of imidazole rings is 1. The summed E-state index contributed by atoms with van der Waals surface area (Å²) < 4.78 is 2.18. The summed E-state index contributed by atoms with van der Waals surface area (Å²) in [4.78, 5) is 22.1. The number of para-hydroxylation sites is 3. The van der Waals surface area contributed by atoms with Crippen molar-refractivity contribution in [1.29, 1.82) is 0 Å². The quantitative estimate of drug-likeness (QED) is 0.310. The summed E-state index contributed by atoms with van der Waals surface area (Å²) in [6.07, 6.45) is 3.24. The molecule has 7 rings (SSSR count). The number of fused-ring (bicyclic) bond motifs is 4. The Morgan fingerprint density at radius 1 is 0.971 bits per heavy atom. The molecule has 0 unspecified atom stereocenters. The van der Waals surface area contributed by atoms with Crippen LogP contribution >= 0.6 is 11.6 Å². The van der Waals surface area contributed by atoms with Gasteiger partial charge in [-0.25, -0.2) is 4.98 Å². The third-order valence-electron chi connectivity index (χ3n) is 7.13. The summed E-state index contributed by atoms with van der Waals surface area (Å²) in [5.41, 5.74) is 6.95. The van der Waals surface area contributed by atoms with Crippen molar-refractivity contribution >= 4 is 45.3 Å². The lowest BCUT2D eigenvalue weighted by molar-refractivity contribution is -0.116. The number of Topliss-reactive ketones (excluding diaryl/α,β-unsaturated/α-hetero) is 1. The summed E-state index contributed by atoms with van der Waals surface area (Å²) in [7, 11) is 0. The zero-order valence-electron chi connectivity index (χ0n) is 18.3. The predicted molar refractivity (Wildman–Crippen MR) is 135 cm³/mol. The van der Waals surface area contributed by atoms with Crippen molar-refractivity contribution in [3.63, 3.8) is 0 Å². The Balaban J connectivity index is 1.45. The van der Waals surface area contributed by atoms with E-state index in [4.69, 9.17) is 16.6 Å². The van der Waals surface area contributed by atoms with E-state index in [2.05, 4.69) is 39.1 Å². The Morgan fingerprint density at radius 3 is 2.74 bits per heavy atom. The number of nitrogens with one attached hydrogen (secondary N) is 2. The topological polar surface area (TPSA) is 62.7 Å². The van der Waals surface area contributed by atoms with Crippen LogP contribution in [0, 0.1) is 0 Å². The first-order chi connectivity index (χ1) is 16.7. The van der Waals surface area contributed by atoms with E-state index in [1.807, 2.05) is 54.7 Å². The first-order valence-corrected chi connectivity index (χ1v) is 11.9. The van der Waals surface area contributed by atoms with Crippen LogP contribution in [0.2, 0.25) is 5.02 Å². The van der Waals surface area contributed by atoms with Crippen molar-refractivity contribution in [1.82, 2.24) is 14.5 Å². The maximum Gasteiger partial charge on any atom is 0.209 e. The molecule has 5 aromatic rings. The number of aromatic nitrogens is 3. The number of benzene rings is 3. The van der Waals surface area contributed by atoms with E-state index in [0.717, 1.165) is 56.7 Å². The number of hydrogen-bond acceptors (Lipinski definition) is 3. The molecule has 2 N–H and O–H groups in total. The van der Waals surface area contributed by atoms with Gasteiger partial charge in [-0.1, -0.05) is 54.1 Å². The summed E-state index contributed by atoms with van der Waals surface area (Å²) in [5.74, 6) is 1.02. The number of allylic oxidation sites excluding steroid dienone is 2. The van der Waals surface area contributed by atoms with E-state index < -0.39 is 0 Å². The molecule has 0 fully saturated rings. The van der Waals surface area contributed by atoms with Crippen LogP contribution in [0.4, 0.5) is 5.95 Å². The van der Waals surface area contributed by atoms with Gasteiger partial charge in [-0.2, -0.15) is 0 Å². The van der Waals surface area contributed by atoms with Gasteiger partial charge in [-0.15, -0.1) is 0 Å². The molecular formula is C28H21ClN4O. The zero-order valence-corrected chi connectivity index (χ0v) is 19.0. The van der Waals surface area contributed by atoms with E-state index in [0.29, 0.717) is 11.4 Å². The van der Waals surface area contributed by atoms with Crippen LogP contribution in [-0.2, 0) is 4.79 Å². The van der Waals surface area contributed by atoms with Crippen molar-refractivity contribution < 1.29 is 4.79 Å². The van der Waals surface area contributed by atoms with Crippen LogP contribution in [-0.4, -0.2) is 20.3 Å². The first kappa shape index (κ1) is 19.6. The SMILES string of the molecule is O=C1C[C@@H](c2cccc(Cl)c2)CC2=C1[C@@H](c1c[nH]c3ccccc13)n1c(nc3ccccc31)N2. The average molecular weight is 465 g/mol. The Bertz CT molecular complexity index is 1640. The van der Waals surface area contributed by atoms with Crippen LogP contribution in [0.1, 0.15) is 35.9 Å². The van der Waals surface area contributed by atoms with Crippen LogP contribution in [0.25, 0.3) is 21.9 Å². The minimum atomic E-state index is -0.248. The molecule has 0 saturated heterocycles. The Labute approximate surface area is 201 Å². The van der Waals surface area contributed by atoms with Crippen LogP contribution in [0.5, 0.6) is 0 Å². The number of carbonyl (C=O) groups excluding carboxylic acids is 1. The summed E-state index contributed by atoms with van der Waals surface area (Å²) in [6.45, 7) is 0. The molecule has 3 heterocycles. The van der Waals surface area contributed by atoms with Gasteiger partial charge in [-0.3, -0.25) is 9.36 Å². The smallest absolute Gasteiger partial charge is 0.209 e. The van der Waals surface area contributed by atoms with E-state index in [-0.39, 0.29) is 17.7 Å². The van der Waals surface area contributed by atoms with Gasteiger partial charge in [0, 0.05) is 45.4 Å². The number of ketones is 1. The van der Waals surface area contributed by atoms with Gasteiger partial charge in [0.15, 0.2) is 5.78 Å². The second-order valence-electron chi connectivity index (χ2n) is 9.09. The molecule has 1 aliphatic carbocycles. The molecule has 1 aliphatic heterocycles. The minimum absolute atomic E-state index is 0.0806. The maximum absolute atomic E-state index is 13.8.